The van der Waals surface area contributed by atoms with Gasteiger partial charge in [-0.05, 0) is 37.5 Å². The highest BCUT2D eigenvalue weighted by Gasteiger charge is 2.17. The van der Waals surface area contributed by atoms with Gasteiger partial charge in [-0.2, -0.15) is 0 Å². The molecular formula is C12H14ClFN2O. The molecule has 0 bridgehead atoms. The number of nitrogens with one attached hydrogen (secondary N) is 1. The third-order valence-corrected chi connectivity index (χ3v) is 3.05. The molecule has 5 heteroatoms. The van der Waals surface area contributed by atoms with Crippen molar-refractivity contribution in [2.45, 2.75) is 19.3 Å². The first-order valence-corrected chi connectivity index (χ1v) is 6.05. The molecule has 1 aromatic carbocycles. The Bertz CT molecular complexity index is 419. The number of hydrogen-bond donors (Lipinski definition) is 1. The van der Waals surface area contributed by atoms with Crippen LogP contribution in [0.5, 0.6) is 0 Å². The van der Waals surface area contributed by atoms with E-state index in [1.54, 1.807) is 11.0 Å². The molecule has 17 heavy (non-hydrogen) atoms. The second-order valence-electron chi connectivity index (χ2n) is 4.10. The lowest BCUT2D eigenvalue weighted by atomic mass is 10.1. The Hall–Kier alpha value is -1.29. The predicted molar refractivity (Wildman–Crippen MR) is 65.9 cm³/mol. The summed E-state index contributed by atoms with van der Waals surface area (Å²) in [6.45, 7) is 1.47. The molecule has 1 N–H and O–H groups in total. The maximum absolute atomic E-state index is 13.5. The van der Waals surface area contributed by atoms with E-state index >= 15 is 0 Å². The Morgan fingerprint density at radius 1 is 1.29 bits per heavy atom. The van der Waals surface area contributed by atoms with Crippen molar-refractivity contribution < 1.29 is 9.18 Å². The summed E-state index contributed by atoms with van der Waals surface area (Å²) in [5, 5.41) is 2.88. The number of likely N-dealkylation sites (tertiary alicyclic amines) is 1. The molecule has 1 fully saturated rings. The van der Waals surface area contributed by atoms with E-state index in [-0.39, 0.29) is 11.7 Å². The zero-order chi connectivity index (χ0) is 12.3. The van der Waals surface area contributed by atoms with Crippen molar-refractivity contribution in [1.82, 2.24) is 4.90 Å². The van der Waals surface area contributed by atoms with Crippen molar-refractivity contribution >= 4 is 23.3 Å². The highest BCUT2D eigenvalue weighted by atomic mass is 35.5. The Balaban J connectivity index is 2.02. The van der Waals surface area contributed by atoms with Gasteiger partial charge in [-0.15, -0.1) is 0 Å². The van der Waals surface area contributed by atoms with Crippen molar-refractivity contribution in [1.29, 1.82) is 0 Å². The SMILES string of the molecule is O=C(Nc1ccc(Cl)cc1F)N1CCCCC1. The van der Waals surface area contributed by atoms with Crippen LogP contribution >= 0.6 is 11.6 Å². The van der Waals surface area contributed by atoms with E-state index in [0.717, 1.165) is 32.4 Å². The number of urea groups is 1. The molecule has 2 amide bonds. The van der Waals surface area contributed by atoms with E-state index in [9.17, 15) is 9.18 Å². The number of carbonyl (C=O) groups is 1. The molecule has 0 radical (unpaired) electrons. The number of rotatable bonds is 1. The topological polar surface area (TPSA) is 32.3 Å². The normalized spacial score (nSPS) is 15.8. The molecule has 1 aromatic rings. The van der Waals surface area contributed by atoms with Crippen LogP contribution in [0.4, 0.5) is 14.9 Å². The van der Waals surface area contributed by atoms with Gasteiger partial charge in [0.25, 0.3) is 0 Å². The Morgan fingerprint density at radius 3 is 2.65 bits per heavy atom. The van der Waals surface area contributed by atoms with Gasteiger partial charge >= 0.3 is 6.03 Å². The largest absolute Gasteiger partial charge is 0.325 e. The quantitative estimate of drug-likeness (QED) is 0.820. The predicted octanol–water partition coefficient (Wildman–Crippen LogP) is 3.50. The van der Waals surface area contributed by atoms with E-state index in [1.807, 2.05) is 0 Å². The molecule has 1 aliphatic heterocycles. The van der Waals surface area contributed by atoms with Crippen molar-refractivity contribution in [2.24, 2.45) is 0 Å². The maximum atomic E-state index is 13.5. The average Bonchev–Trinajstić information content (AvgIpc) is 2.34. The molecular weight excluding hydrogens is 243 g/mol. The summed E-state index contributed by atoms with van der Waals surface area (Å²) in [5.41, 5.74) is 0.171. The third kappa shape index (κ3) is 3.09. The summed E-state index contributed by atoms with van der Waals surface area (Å²) in [4.78, 5) is 13.5. The van der Waals surface area contributed by atoms with Crippen LogP contribution in [-0.4, -0.2) is 24.0 Å². The van der Waals surface area contributed by atoms with Crippen LogP contribution in [-0.2, 0) is 0 Å². The number of carbonyl (C=O) groups excluding carboxylic acids is 1. The van der Waals surface area contributed by atoms with Gasteiger partial charge in [-0.3, -0.25) is 0 Å². The minimum absolute atomic E-state index is 0.171. The van der Waals surface area contributed by atoms with Crippen LogP contribution in [0.25, 0.3) is 0 Å². The van der Waals surface area contributed by atoms with Gasteiger partial charge < -0.3 is 10.2 Å². The second kappa shape index (κ2) is 5.36. The first-order valence-electron chi connectivity index (χ1n) is 5.68. The zero-order valence-corrected chi connectivity index (χ0v) is 10.1. The van der Waals surface area contributed by atoms with Crippen LogP contribution < -0.4 is 5.32 Å². The zero-order valence-electron chi connectivity index (χ0n) is 9.38. The van der Waals surface area contributed by atoms with Gasteiger partial charge in [0, 0.05) is 18.1 Å². The lowest BCUT2D eigenvalue weighted by Gasteiger charge is -2.26. The summed E-state index contributed by atoms with van der Waals surface area (Å²) in [7, 11) is 0. The number of piperidine rings is 1. The van der Waals surface area contributed by atoms with Gasteiger partial charge in [0.2, 0.25) is 0 Å². The van der Waals surface area contributed by atoms with E-state index in [1.165, 1.54) is 12.1 Å². The van der Waals surface area contributed by atoms with Crippen molar-refractivity contribution in [3.63, 3.8) is 0 Å². The summed E-state index contributed by atoms with van der Waals surface area (Å²) in [6.07, 6.45) is 3.17. The molecule has 1 heterocycles. The lowest BCUT2D eigenvalue weighted by Crippen LogP contribution is -2.38. The molecule has 0 aromatic heterocycles. The number of halogens is 2. The summed E-state index contributed by atoms with van der Waals surface area (Å²) in [6, 6.07) is 3.97. The summed E-state index contributed by atoms with van der Waals surface area (Å²) >= 11 is 5.64. The van der Waals surface area contributed by atoms with Crippen LogP contribution in [0, 0.1) is 5.82 Å². The molecule has 0 spiro atoms. The van der Waals surface area contributed by atoms with Gasteiger partial charge in [-0.25, -0.2) is 9.18 Å². The highest BCUT2D eigenvalue weighted by Crippen LogP contribution is 2.19. The molecule has 2 rings (SSSR count). The fourth-order valence-corrected chi connectivity index (χ4v) is 2.04. The molecule has 0 aliphatic carbocycles. The molecule has 1 aliphatic rings. The Morgan fingerprint density at radius 2 is 2.00 bits per heavy atom. The molecule has 1 saturated heterocycles. The lowest BCUT2D eigenvalue weighted by molar-refractivity contribution is 0.200. The minimum atomic E-state index is -0.511. The van der Waals surface area contributed by atoms with Crippen molar-refractivity contribution in [2.75, 3.05) is 18.4 Å². The summed E-state index contributed by atoms with van der Waals surface area (Å²) in [5.74, 6) is -0.511. The van der Waals surface area contributed by atoms with Gasteiger partial charge in [0.1, 0.15) is 5.82 Å². The second-order valence-corrected chi connectivity index (χ2v) is 4.54. The van der Waals surface area contributed by atoms with Crippen molar-refractivity contribution in [3.05, 3.63) is 29.0 Å². The fourth-order valence-electron chi connectivity index (χ4n) is 1.88. The monoisotopic (exact) mass is 256 g/mol. The number of hydrogen-bond acceptors (Lipinski definition) is 1. The van der Waals surface area contributed by atoms with E-state index < -0.39 is 5.82 Å². The molecule has 0 atom stereocenters. The highest BCUT2D eigenvalue weighted by molar-refractivity contribution is 6.30. The van der Waals surface area contributed by atoms with E-state index in [4.69, 9.17) is 11.6 Å². The fraction of sp³-hybridized carbons (Fsp3) is 0.417. The first kappa shape index (κ1) is 12.2. The number of benzene rings is 1. The van der Waals surface area contributed by atoms with Gasteiger partial charge in [-0.1, -0.05) is 11.6 Å². The van der Waals surface area contributed by atoms with E-state index in [0.29, 0.717) is 5.02 Å². The van der Waals surface area contributed by atoms with Crippen LogP contribution in [0.1, 0.15) is 19.3 Å². The van der Waals surface area contributed by atoms with Crippen LogP contribution in [0.2, 0.25) is 5.02 Å². The van der Waals surface area contributed by atoms with Gasteiger partial charge in [0.15, 0.2) is 0 Å². The van der Waals surface area contributed by atoms with Gasteiger partial charge in [0.05, 0.1) is 5.69 Å². The first-order chi connectivity index (χ1) is 8.16. The number of nitrogens with zero attached hydrogens (tertiary/aromatic N) is 1. The molecule has 3 nitrogen and oxygen atoms in total. The molecule has 0 saturated carbocycles. The average molecular weight is 257 g/mol. The number of amides is 2. The Kier molecular flexibility index (Phi) is 3.84. The van der Waals surface area contributed by atoms with Crippen LogP contribution in [0.15, 0.2) is 18.2 Å². The Labute approximate surface area is 105 Å². The minimum Gasteiger partial charge on any atom is -0.325 e. The van der Waals surface area contributed by atoms with Crippen LogP contribution in [0.3, 0.4) is 0 Å². The standard InChI is InChI=1S/C12H14ClFN2O/c13-9-4-5-11(10(14)8-9)15-12(17)16-6-2-1-3-7-16/h4-5,8H,1-3,6-7H2,(H,15,17). The number of anilines is 1. The maximum Gasteiger partial charge on any atom is 0.321 e. The third-order valence-electron chi connectivity index (χ3n) is 2.82. The molecule has 92 valence electrons. The van der Waals surface area contributed by atoms with Crippen molar-refractivity contribution in [3.8, 4) is 0 Å². The van der Waals surface area contributed by atoms with E-state index in [2.05, 4.69) is 5.32 Å². The summed E-state index contributed by atoms with van der Waals surface area (Å²) < 4.78 is 13.5. The smallest absolute Gasteiger partial charge is 0.321 e. The molecule has 0 unspecified atom stereocenters.